The van der Waals surface area contributed by atoms with Crippen LogP contribution in [0.5, 0.6) is 11.5 Å². The molecule has 1 heterocycles. The Bertz CT molecular complexity index is 1120. The Morgan fingerprint density at radius 2 is 1.70 bits per heavy atom. The van der Waals surface area contributed by atoms with Gasteiger partial charge in [-0.1, -0.05) is 39.1 Å². The van der Waals surface area contributed by atoms with Gasteiger partial charge in [-0.15, -0.1) is 0 Å². The molecular weight excluding hydrogens is 449 g/mol. The molecule has 4 rings (SSSR count). The summed E-state index contributed by atoms with van der Waals surface area (Å²) in [5, 5.41) is 5.27. The van der Waals surface area contributed by atoms with E-state index in [9.17, 15) is 0 Å². The van der Waals surface area contributed by atoms with E-state index in [0.717, 1.165) is 26.9 Å². The molecule has 1 aromatic heterocycles. The number of nitrogens with zero attached hydrogens (tertiary/aromatic N) is 2. The number of fused-ring (bicyclic) bond motifs is 1. The van der Waals surface area contributed by atoms with Crippen LogP contribution in [0.4, 0.5) is 11.5 Å². The Balaban J connectivity index is 1.55. The predicted octanol–water partition coefficient (Wildman–Crippen LogP) is 7.24. The number of ether oxygens (including phenoxy) is 1. The molecule has 0 aliphatic rings. The van der Waals surface area contributed by atoms with E-state index in [1.54, 1.807) is 24.5 Å². The SMILES string of the molecule is Clc1ccc(Oc2ccc(Nc3ncnc4ccc(Br)cc34)cc2)c(Cl)c1. The molecule has 0 aliphatic heterocycles. The van der Waals surface area contributed by atoms with Crippen LogP contribution in [0.2, 0.25) is 10.0 Å². The molecule has 0 amide bonds. The van der Waals surface area contributed by atoms with Crippen LogP contribution in [0.1, 0.15) is 0 Å². The Labute approximate surface area is 174 Å². The third-order valence-corrected chi connectivity index (χ3v) is 4.86. The predicted molar refractivity (Wildman–Crippen MR) is 113 cm³/mol. The summed E-state index contributed by atoms with van der Waals surface area (Å²) >= 11 is 15.5. The first-order chi connectivity index (χ1) is 13.1. The lowest BCUT2D eigenvalue weighted by Crippen LogP contribution is -1.96. The van der Waals surface area contributed by atoms with E-state index in [0.29, 0.717) is 21.5 Å². The Hall–Kier alpha value is -2.34. The van der Waals surface area contributed by atoms with Crippen molar-refractivity contribution in [2.45, 2.75) is 0 Å². The maximum atomic E-state index is 6.15. The van der Waals surface area contributed by atoms with Crippen LogP contribution < -0.4 is 10.1 Å². The van der Waals surface area contributed by atoms with Gasteiger partial charge in [-0.05, 0) is 60.7 Å². The van der Waals surface area contributed by atoms with Gasteiger partial charge in [0, 0.05) is 20.6 Å². The van der Waals surface area contributed by atoms with Crippen LogP contribution >= 0.6 is 39.1 Å². The van der Waals surface area contributed by atoms with Crippen LogP contribution in [0.15, 0.2) is 71.5 Å². The summed E-state index contributed by atoms with van der Waals surface area (Å²) < 4.78 is 6.77. The van der Waals surface area contributed by atoms with Crippen molar-refractivity contribution in [3.63, 3.8) is 0 Å². The smallest absolute Gasteiger partial charge is 0.146 e. The zero-order chi connectivity index (χ0) is 18.8. The molecule has 0 fully saturated rings. The Morgan fingerprint density at radius 3 is 2.48 bits per heavy atom. The van der Waals surface area contributed by atoms with Crippen molar-refractivity contribution in [1.29, 1.82) is 0 Å². The van der Waals surface area contributed by atoms with Gasteiger partial charge in [-0.3, -0.25) is 0 Å². The monoisotopic (exact) mass is 459 g/mol. The Morgan fingerprint density at radius 1 is 0.889 bits per heavy atom. The molecule has 27 heavy (non-hydrogen) atoms. The molecule has 134 valence electrons. The highest BCUT2D eigenvalue weighted by atomic mass is 79.9. The minimum absolute atomic E-state index is 0.461. The van der Waals surface area contributed by atoms with E-state index in [1.807, 2.05) is 42.5 Å². The standard InChI is InChI=1S/C20H12BrCl2N3O/c21-12-1-7-18-16(9-12)20(25-11-24-18)26-14-3-5-15(6-4-14)27-19-8-2-13(22)10-17(19)23/h1-11H,(H,24,25,26). The number of hydrogen-bond acceptors (Lipinski definition) is 4. The highest BCUT2D eigenvalue weighted by Crippen LogP contribution is 2.32. The van der Waals surface area contributed by atoms with E-state index < -0.39 is 0 Å². The van der Waals surface area contributed by atoms with Gasteiger partial charge in [0.05, 0.1) is 10.5 Å². The van der Waals surface area contributed by atoms with Crippen LogP contribution in [0, 0.1) is 0 Å². The average Bonchev–Trinajstić information content (AvgIpc) is 2.66. The third kappa shape index (κ3) is 4.16. The first-order valence-electron chi connectivity index (χ1n) is 7.99. The summed E-state index contributed by atoms with van der Waals surface area (Å²) in [6, 6.07) is 18.5. The molecule has 0 unspecified atom stereocenters. The van der Waals surface area contributed by atoms with Crippen molar-refractivity contribution < 1.29 is 4.74 Å². The zero-order valence-corrected chi connectivity index (χ0v) is 16.9. The lowest BCUT2D eigenvalue weighted by Gasteiger charge is -2.11. The highest BCUT2D eigenvalue weighted by Gasteiger charge is 2.07. The first-order valence-corrected chi connectivity index (χ1v) is 9.54. The molecule has 4 aromatic rings. The van der Waals surface area contributed by atoms with Gasteiger partial charge in [-0.2, -0.15) is 0 Å². The van der Waals surface area contributed by atoms with Crippen LogP contribution in [0.25, 0.3) is 10.9 Å². The average molecular weight is 461 g/mol. The van der Waals surface area contributed by atoms with Crippen LogP contribution in [-0.4, -0.2) is 9.97 Å². The van der Waals surface area contributed by atoms with E-state index in [-0.39, 0.29) is 0 Å². The molecule has 0 spiro atoms. The van der Waals surface area contributed by atoms with E-state index in [4.69, 9.17) is 27.9 Å². The summed E-state index contributed by atoms with van der Waals surface area (Å²) in [6.07, 6.45) is 1.54. The summed E-state index contributed by atoms with van der Waals surface area (Å²) in [7, 11) is 0. The summed E-state index contributed by atoms with van der Waals surface area (Å²) in [5.74, 6) is 1.95. The quantitative estimate of drug-likeness (QED) is 0.348. The van der Waals surface area contributed by atoms with Gasteiger partial charge in [0.15, 0.2) is 0 Å². The normalized spacial score (nSPS) is 10.8. The molecule has 0 radical (unpaired) electrons. The molecule has 0 saturated heterocycles. The number of rotatable bonds is 4. The van der Waals surface area contributed by atoms with Gasteiger partial charge in [0.25, 0.3) is 0 Å². The first kappa shape index (κ1) is 18.0. The second-order valence-electron chi connectivity index (χ2n) is 5.71. The largest absolute Gasteiger partial charge is 0.456 e. The van der Waals surface area contributed by atoms with Crippen LogP contribution in [0.3, 0.4) is 0 Å². The minimum atomic E-state index is 0.461. The number of nitrogens with one attached hydrogen (secondary N) is 1. The summed E-state index contributed by atoms with van der Waals surface area (Å²) in [6.45, 7) is 0. The molecule has 0 bridgehead atoms. The van der Waals surface area contributed by atoms with Crippen molar-refractivity contribution in [2.24, 2.45) is 0 Å². The maximum absolute atomic E-state index is 6.15. The van der Waals surface area contributed by atoms with Crippen molar-refractivity contribution >= 4 is 61.5 Å². The molecular formula is C20H12BrCl2N3O. The summed E-state index contributed by atoms with van der Waals surface area (Å²) in [4.78, 5) is 8.64. The van der Waals surface area contributed by atoms with Crippen molar-refractivity contribution in [3.8, 4) is 11.5 Å². The third-order valence-electron chi connectivity index (χ3n) is 3.84. The zero-order valence-electron chi connectivity index (χ0n) is 13.8. The van der Waals surface area contributed by atoms with E-state index in [1.165, 1.54) is 0 Å². The van der Waals surface area contributed by atoms with Crippen LogP contribution in [-0.2, 0) is 0 Å². The number of anilines is 2. The number of benzene rings is 3. The molecule has 0 atom stereocenters. The molecule has 3 aromatic carbocycles. The van der Waals surface area contributed by atoms with Gasteiger partial charge < -0.3 is 10.1 Å². The fourth-order valence-electron chi connectivity index (χ4n) is 2.56. The van der Waals surface area contributed by atoms with E-state index in [2.05, 4.69) is 31.2 Å². The van der Waals surface area contributed by atoms with Crippen molar-refractivity contribution in [1.82, 2.24) is 9.97 Å². The highest BCUT2D eigenvalue weighted by molar-refractivity contribution is 9.10. The van der Waals surface area contributed by atoms with Gasteiger partial charge in [0.1, 0.15) is 23.6 Å². The Kier molecular flexibility index (Phi) is 5.16. The summed E-state index contributed by atoms with van der Waals surface area (Å²) in [5.41, 5.74) is 1.75. The number of halogens is 3. The van der Waals surface area contributed by atoms with Crippen molar-refractivity contribution in [2.75, 3.05) is 5.32 Å². The minimum Gasteiger partial charge on any atom is -0.456 e. The molecule has 7 heteroatoms. The van der Waals surface area contributed by atoms with E-state index >= 15 is 0 Å². The second kappa shape index (κ2) is 7.72. The lowest BCUT2D eigenvalue weighted by atomic mass is 10.2. The molecule has 0 saturated carbocycles. The number of aromatic nitrogens is 2. The fourth-order valence-corrected chi connectivity index (χ4v) is 3.36. The molecule has 4 nitrogen and oxygen atoms in total. The van der Waals surface area contributed by atoms with Crippen molar-refractivity contribution in [3.05, 3.63) is 81.5 Å². The lowest BCUT2D eigenvalue weighted by molar-refractivity contribution is 0.483. The fraction of sp³-hybridized carbons (Fsp3) is 0. The second-order valence-corrected chi connectivity index (χ2v) is 7.47. The molecule has 0 aliphatic carbocycles. The molecule has 1 N–H and O–H groups in total. The van der Waals surface area contributed by atoms with Gasteiger partial charge in [-0.25, -0.2) is 9.97 Å². The topological polar surface area (TPSA) is 47.0 Å². The van der Waals surface area contributed by atoms with Gasteiger partial charge in [0.2, 0.25) is 0 Å². The maximum Gasteiger partial charge on any atom is 0.146 e. The number of hydrogen-bond donors (Lipinski definition) is 1. The van der Waals surface area contributed by atoms with Gasteiger partial charge >= 0.3 is 0 Å².